The molecule has 0 radical (unpaired) electrons. The van der Waals surface area contributed by atoms with Crippen LogP contribution in [0, 0.1) is 0 Å². The van der Waals surface area contributed by atoms with Gasteiger partial charge < -0.3 is 15.2 Å². The smallest absolute Gasteiger partial charge is 0.133 e. The molecule has 4 nitrogen and oxygen atoms in total. The fourth-order valence-corrected chi connectivity index (χ4v) is 1.25. The average Bonchev–Trinajstić information content (AvgIpc) is 2.25. The Morgan fingerprint density at radius 1 is 1.44 bits per heavy atom. The number of nitrogens with zero attached hydrogens (tertiary/aromatic N) is 1. The van der Waals surface area contributed by atoms with E-state index in [1.54, 1.807) is 6.07 Å². The first kappa shape index (κ1) is 12.9. The van der Waals surface area contributed by atoms with E-state index in [1.807, 2.05) is 19.9 Å². The van der Waals surface area contributed by atoms with E-state index in [4.69, 9.17) is 9.84 Å². The number of aromatic hydroxyl groups is 1. The Morgan fingerprint density at radius 3 is 2.88 bits per heavy atom. The molecule has 16 heavy (non-hydrogen) atoms. The van der Waals surface area contributed by atoms with Gasteiger partial charge in [0.2, 0.25) is 0 Å². The van der Waals surface area contributed by atoms with Gasteiger partial charge in [0.1, 0.15) is 5.75 Å². The van der Waals surface area contributed by atoms with Crippen LogP contribution in [0.15, 0.2) is 18.3 Å². The molecule has 0 saturated carbocycles. The fraction of sp³-hybridized carbons (Fsp3) is 0.583. The van der Waals surface area contributed by atoms with Crippen LogP contribution in [0.3, 0.4) is 0 Å². The molecule has 1 aromatic rings. The van der Waals surface area contributed by atoms with E-state index in [1.165, 1.54) is 6.20 Å². The predicted octanol–water partition coefficient (Wildman–Crippen LogP) is 1.69. The van der Waals surface area contributed by atoms with Crippen molar-refractivity contribution in [3.63, 3.8) is 0 Å². The molecule has 0 aliphatic carbocycles. The highest BCUT2D eigenvalue weighted by atomic mass is 16.5. The molecule has 0 aromatic carbocycles. The number of rotatable bonds is 7. The van der Waals surface area contributed by atoms with Gasteiger partial charge in [-0.2, -0.15) is 0 Å². The quantitative estimate of drug-likeness (QED) is 0.692. The lowest BCUT2D eigenvalue weighted by atomic mass is 10.3. The number of hydrogen-bond donors (Lipinski definition) is 2. The third-order valence-electron chi connectivity index (χ3n) is 2.06. The third kappa shape index (κ3) is 5.68. The molecule has 0 aliphatic rings. The molecule has 2 N–H and O–H groups in total. The SMILES string of the molecule is CC(C)OCCCNCc1ccc(O)cn1. The van der Waals surface area contributed by atoms with Gasteiger partial charge >= 0.3 is 0 Å². The summed E-state index contributed by atoms with van der Waals surface area (Å²) in [5.41, 5.74) is 0.933. The van der Waals surface area contributed by atoms with Crippen molar-refractivity contribution < 1.29 is 9.84 Å². The zero-order valence-electron chi connectivity index (χ0n) is 9.94. The molecule has 90 valence electrons. The minimum Gasteiger partial charge on any atom is -0.506 e. The number of aromatic nitrogens is 1. The summed E-state index contributed by atoms with van der Waals surface area (Å²) in [6.45, 7) is 6.49. The van der Waals surface area contributed by atoms with E-state index in [0.29, 0.717) is 6.10 Å². The molecule has 1 aromatic heterocycles. The van der Waals surface area contributed by atoms with Crippen molar-refractivity contribution in [1.29, 1.82) is 0 Å². The monoisotopic (exact) mass is 224 g/mol. The van der Waals surface area contributed by atoms with Crippen LogP contribution in [0.4, 0.5) is 0 Å². The van der Waals surface area contributed by atoms with Crippen LogP contribution in [0.25, 0.3) is 0 Å². The van der Waals surface area contributed by atoms with Crippen molar-refractivity contribution >= 4 is 0 Å². The highest BCUT2D eigenvalue weighted by Crippen LogP contribution is 2.05. The highest BCUT2D eigenvalue weighted by Gasteiger charge is 1.95. The Balaban J connectivity index is 2.05. The van der Waals surface area contributed by atoms with E-state index in [9.17, 15) is 0 Å². The number of ether oxygens (including phenoxy) is 1. The van der Waals surface area contributed by atoms with Gasteiger partial charge in [-0.15, -0.1) is 0 Å². The Morgan fingerprint density at radius 2 is 2.25 bits per heavy atom. The summed E-state index contributed by atoms with van der Waals surface area (Å²) in [7, 11) is 0. The number of hydrogen-bond acceptors (Lipinski definition) is 4. The summed E-state index contributed by atoms with van der Waals surface area (Å²) in [6, 6.07) is 3.46. The van der Waals surface area contributed by atoms with Gasteiger partial charge in [0.25, 0.3) is 0 Å². The van der Waals surface area contributed by atoms with Crippen molar-refractivity contribution in [2.45, 2.75) is 32.9 Å². The van der Waals surface area contributed by atoms with Gasteiger partial charge in [-0.1, -0.05) is 0 Å². The maximum atomic E-state index is 9.05. The molecule has 0 bridgehead atoms. The molecule has 0 aliphatic heterocycles. The Labute approximate surface area is 96.7 Å². The van der Waals surface area contributed by atoms with E-state index in [-0.39, 0.29) is 5.75 Å². The Hall–Kier alpha value is -1.13. The molecular formula is C12H20N2O2. The summed E-state index contributed by atoms with van der Waals surface area (Å²) in [4.78, 5) is 4.08. The molecular weight excluding hydrogens is 204 g/mol. The zero-order chi connectivity index (χ0) is 11.8. The molecule has 1 rings (SSSR count). The third-order valence-corrected chi connectivity index (χ3v) is 2.06. The van der Waals surface area contributed by atoms with Gasteiger partial charge in [-0.05, 0) is 38.9 Å². The van der Waals surface area contributed by atoms with E-state index >= 15 is 0 Å². The van der Waals surface area contributed by atoms with Crippen LogP contribution in [0.1, 0.15) is 26.0 Å². The number of pyridine rings is 1. The summed E-state index contributed by atoms with van der Waals surface area (Å²) < 4.78 is 5.42. The maximum absolute atomic E-state index is 9.05. The molecule has 0 fully saturated rings. The Kier molecular flexibility index (Phi) is 5.82. The summed E-state index contributed by atoms with van der Waals surface area (Å²) in [6.07, 6.45) is 2.76. The van der Waals surface area contributed by atoms with Crippen molar-refractivity contribution in [3.8, 4) is 5.75 Å². The molecule has 0 unspecified atom stereocenters. The lowest BCUT2D eigenvalue weighted by Gasteiger charge is -2.07. The number of nitrogens with one attached hydrogen (secondary N) is 1. The van der Waals surface area contributed by atoms with Crippen LogP contribution >= 0.6 is 0 Å². The molecule has 0 atom stereocenters. The first-order chi connectivity index (χ1) is 7.68. The van der Waals surface area contributed by atoms with Crippen molar-refractivity contribution in [2.75, 3.05) is 13.2 Å². The normalized spacial score (nSPS) is 10.9. The van der Waals surface area contributed by atoms with Gasteiger partial charge in [0, 0.05) is 13.2 Å². The minimum absolute atomic E-state index is 0.203. The fourth-order valence-electron chi connectivity index (χ4n) is 1.25. The van der Waals surface area contributed by atoms with Crippen molar-refractivity contribution in [2.24, 2.45) is 0 Å². The second-order valence-electron chi connectivity index (χ2n) is 3.96. The van der Waals surface area contributed by atoms with Crippen LogP contribution in [0.2, 0.25) is 0 Å². The van der Waals surface area contributed by atoms with Crippen LogP contribution in [0.5, 0.6) is 5.75 Å². The van der Waals surface area contributed by atoms with E-state index < -0.39 is 0 Å². The first-order valence-electron chi connectivity index (χ1n) is 5.64. The van der Waals surface area contributed by atoms with Crippen molar-refractivity contribution in [3.05, 3.63) is 24.0 Å². The summed E-state index contributed by atoms with van der Waals surface area (Å²) in [5.74, 6) is 0.203. The highest BCUT2D eigenvalue weighted by molar-refractivity contribution is 5.17. The topological polar surface area (TPSA) is 54.4 Å². The van der Waals surface area contributed by atoms with Gasteiger partial charge in [-0.3, -0.25) is 4.98 Å². The zero-order valence-corrected chi connectivity index (χ0v) is 9.94. The lowest BCUT2D eigenvalue weighted by molar-refractivity contribution is 0.0770. The molecule has 4 heteroatoms. The minimum atomic E-state index is 0.203. The second-order valence-corrected chi connectivity index (χ2v) is 3.96. The van der Waals surface area contributed by atoms with Crippen molar-refractivity contribution in [1.82, 2.24) is 10.3 Å². The lowest BCUT2D eigenvalue weighted by Crippen LogP contribution is -2.17. The van der Waals surface area contributed by atoms with Crippen LogP contribution in [-0.4, -0.2) is 29.3 Å². The summed E-state index contributed by atoms with van der Waals surface area (Å²) in [5, 5.41) is 12.3. The molecule has 1 heterocycles. The van der Waals surface area contributed by atoms with Gasteiger partial charge in [-0.25, -0.2) is 0 Å². The van der Waals surface area contributed by atoms with Gasteiger partial charge in [0.05, 0.1) is 18.0 Å². The predicted molar refractivity (Wildman–Crippen MR) is 63.3 cm³/mol. The molecule has 0 amide bonds. The molecule has 0 spiro atoms. The Bertz CT molecular complexity index is 286. The van der Waals surface area contributed by atoms with E-state index in [2.05, 4.69) is 10.3 Å². The molecule has 0 saturated heterocycles. The largest absolute Gasteiger partial charge is 0.506 e. The van der Waals surface area contributed by atoms with Gasteiger partial charge in [0.15, 0.2) is 0 Å². The average molecular weight is 224 g/mol. The van der Waals surface area contributed by atoms with Crippen LogP contribution in [-0.2, 0) is 11.3 Å². The summed E-state index contributed by atoms with van der Waals surface area (Å²) >= 11 is 0. The van der Waals surface area contributed by atoms with E-state index in [0.717, 1.165) is 31.8 Å². The maximum Gasteiger partial charge on any atom is 0.133 e. The first-order valence-corrected chi connectivity index (χ1v) is 5.64. The van der Waals surface area contributed by atoms with Crippen LogP contribution < -0.4 is 5.32 Å². The standard InChI is InChI=1S/C12H20N2O2/c1-10(2)16-7-3-6-13-8-11-4-5-12(15)9-14-11/h4-5,9-10,13,15H,3,6-8H2,1-2H3. The second kappa shape index (κ2) is 7.19.